The first-order chi connectivity index (χ1) is 8.40. The molecule has 0 bridgehead atoms. The van der Waals surface area contributed by atoms with Crippen LogP contribution in [0.2, 0.25) is 0 Å². The zero-order valence-corrected chi connectivity index (χ0v) is 10.1. The van der Waals surface area contributed by atoms with E-state index in [-0.39, 0.29) is 0 Å². The quantitative estimate of drug-likeness (QED) is 0.770. The molecule has 2 aromatic rings. The second-order valence-corrected chi connectivity index (χ2v) is 4.04. The lowest BCUT2D eigenvalue weighted by molar-refractivity contribution is 0.649. The van der Waals surface area contributed by atoms with Crippen LogP contribution >= 0.6 is 0 Å². The predicted molar refractivity (Wildman–Crippen MR) is 67.6 cm³/mol. The van der Waals surface area contributed by atoms with Crippen molar-refractivity contribution < 1.29 is 0 Å². The van der Waals surface area contributed by atoms with Gasteiger partial charge in [0.1, 0.15) is 12.7 Å². The summed E-state index contributed by atoms with van der Waals surface area (Å²) in [5.41, 5.74) is 2.62. The molecule has 1 heterocycles. The monoisotopic (exact) mass is 230 g/mol. The maximum atomic E-state index is 4.13. The molecule has 0 unspecified atom stereocenters. The van der Waals surface area contributed by atoms with Crippen molar-refractivity contribution in [2.24, 2.45) is 0 Å². The van der Waals surface area contributed by atoms with E-state index in [1.54, 1.807) is 12.7 Å². The van der Waals surface area contributed by atoms with Crippen molar-refractivity contribution in [1.29, 1.82) is 0 Å². The van der Waals surface area contributed by atoms with Crippen LogP contribution in [-0.4, -0.2) is 21.3 Å². The number of aromatic nitrogens is 3. The van der Waals surface area contributed by atoms with E-state index in [2.05, 4.69) is 46.6 Å². The van der Waals surface area contributed by atoms with Gasteiger partial charge < -0.3 is 5.32 Å². The summed E-state index contributed by atoms with van der Waals surface area (Å²) in [6.45, 7) is 4.93. The van der Waals surface area contributed by atoms with Crippen molar-refractivity contribution in [1.82, 2.24) is 20.1 Å². The topological polar surface area (TPSA) is 42.7 Å². The summed E-state index contributed by atoms with van der Waals surface area (Å²) in [5, 5.41) is 7.56. The Kier molecular flexibility index (Phi) is 4.27. The fourth-order valence-corrected chi connectivity index (χ4v) is 1.77. The van der Waals surface area contributed by atoms with Crippen LogP contribution in [0.4, 0.5) is 0 Å². The molecule has 0 aliphatic carbocycles. The third kappa shape index (κ3) is 3.39. The van der Waals surface area contributed by atoms with Crippen LogP contribution < -0.4 is 5.32 Å². The average Bonchev–Trinajstić information content (AvgIpc) is 2.84. The van der Waals surface area contributed by atoms with Gasteiger partial charge in [-0.05, 0) is 24.1 Å². The maximum Gasteiger partial charge on any atom is 0.137 e. The molecule has 0 aliphatic heterocycles. The predicted octanol–water partition coefficient (Wildman–Crippen LogP) is 1.83. The van der Waals surface area contributed by atoms with E-state index in [0.29, 0.717) is 0 Å². The van der Waals surface area contributed by atoms with Gasteiger partial charge in [-0.1, -0.05) is 31.2 Å². The fourth-order valence-electron chi connectivity index (χ4n) is 1.77. The molecule has 1 N–H and O–H groups in total. The van der Waals surface area contributed by atoms with Gasteiger partial charge in [-0.25, -0.2) is 9.67 Å². The molecule has 1 aromatic carbocycles. The molecule has 0 atom stereocenters. The minimum absolute atomic E-state index is 0.782. The second kappa shape index (κ2) is 6.15. The summed E-state index contributed by atoms with van der Waals surface area (Å²) < 4.78 is 1.85. The zero-order chi connectivity index (χ0) is 11.9. The highest BCUT2D eigenvalue weighted by atomic mass is 15.3. The lowest BCUT2D eigenvalue weighted by Gasteiger charge is -2.10. The Bertz CT molecular complexity index is 436. The Morgan fingerprint density at radius 1 is 1.24 bits per heavy atom. The van der Waals surface area contributed by atoms with Crippen LogP contribution in [0, 0.1) is 0 Å². The van der Waals surface area contributed by atoms with Crippen molar-refractivity contribution in [3.8, 4) is 0 Å². The highest BCUT2D eigenvalue weighted by molar-refractivity contribution is 5.27. The van der Waals surface area contributed by atoms with Crippen molar-refractivity contribution in [3.63, 3.8) is 0 Å². The smallest absolute Gasteiger partial charge is 0.137 e. The fraction of sp³-hybridized carbons (Fsp3) is 0.385. The van der Waals surface area contributed by atoms with Crippen LogP contribution in [0.1, 0.15) is 24.5 Å². The second-order valence-electron chi connectivity index (χ2n) is 4.04. The first kappa shape index (κ1) is 11.8. The van der Waals surface area contributed by atoms with Crippen LogP contribution in [0.15, 0.2) is 36.9 Å². The Balaban J connectivity index is 2.05. The maximum absolute atomic E-state index is 4.13. The summed E-state index contributed by atoms with van der Waals surface area (Å²) in [7, 11) is 0. The Labute approximate surface area is 102 Å². The number of nitrogens with zero attached hydrogens (tertiary/aromatic N) is 3. The highest BCUT2D eigenvalue weighted by Crippen LogP contribution is 2.09. The van der Waals surface area contributed by atoms with Gasteiger partial charge in [0, 0.05) is 6.54 Å². The highest BCUT2D eigenvalue weighted by Gasteiger charge is 2.02. The first-order valence-electron chi connectivity index (χ1n) is 6.00. The summed E-state index contributed by atoms with van der Waals surface area (Å²) in [4.78, 5) is 3.96. The SMILES string of the molecule is CCCNCc1ccccc1Cn1cncn1. The third-order valence-corrected chi connectivity index (χ3v) is 2.66. The standard InChI is InChI=1S/C13H18N4/c1-2-7-14-8-12-5-3-4-6-13(12)9-17-11-15-10-16-17/h3-6,10-11,14H,2,7-9H2,1H3. The van der Waals surface area contributed by atoms with E-state index in [1.165, 1.54) is 11.1 Å². The van der Waals surface area contributed by atoms with E-state index >= 15 is 0 Å². The van der Waals surface area contributed by atoms with Gasteiger partial charge in [0.2, 0.25) is 0 Å². The molecule has 4 heteroatoms. The summed E-state index contributed by atoms with van der Waals surface area (Å²) >= 11 is 0. The van der Waals surface area contributed by atoms with Gasteiger partial charge >= 0.3 is 0 Å². The van der Waals surface area contributed by atoms with E-state index in [1.807, 2.05) is 4.68 Å². The van der Waals surface area contributed by atoms with E-state index < -0.39 is 0 Å². The zero-order valence-electron chi connectivity index (χ0n) is 10.1. The van der Waals surface area contributed by atoms with Gasteiger partial charge in [-0.15, -0.1) is 0 Å². The van der Waals surface area contributed by atoms with Crippen molar-refractivity contribution in [2.75, 3.05) is 6.54 Å². The minimum Gasteiger partial charge on any atom is -0.313 e. The molecular formula is C13H18N4. The van der Waals surface area contributed by atoms with Gasteiger partial charge in [-0.2, -0.15) is 5.10 Å². The lowest BCUT2D eigenvalue weighted by atomic mass is 10.1. The number of hydrogen-bond acceptors (Lipinski definition) is 3. The van der Waals surface area contributed by atoms with Crippen LogP contribution in [0.5, 0.6) is 0 Å². The first-order valence-corrected chi connectivity index (χ1v) is 6.00. The molecular weight excluding hydrogens is 212 g/mol. The summed E-state index contributed by atoms with van der Waals surface area (Å²) in [6.07, 6.45) is 4.47. The van der Waals surface area contributed by atoms with Crippen molar-refractivity contribution >= 4 is 0 Å². The number of rotatable bonds is 6. The van der Waals surface area contributed by atoms with E-state index in [0.717, 1.165) is 26.1 Å². The largest absolute Gasteiger partial charge is 0.313 e. The molecule has 0 saturated carbocycles. The normalized spacial score (nSPS) is 10.6. The molecule has 0 saturated heterocycles. The molecule has 1 aromatic heterocycles. The molecule has 4 nitrogen and oxygen atoms in total. The van der Waals surface area contributed by atoms with Gasteiger partial charge in [0.15, 0.2) is 0 Å². The average molecular weight is 230 g/mol. The molecule has 0 spiro atoms. The number of nitrogens with one attached hydrogen (secondary N) is 1. The Morgan fingerprint density at radius 3 is 2.76 bits per heavy atom. The number of hydrogen-bond donors (Lipinski definition) is 1. The van der Waals surface area contributed by atoms with Crippen LogP contribution in [0.25, 0.3) is 0 Å². The number of benzene rings is 1. The van der Waals surface area contributed by atoms with Crippen molar-refractivity contribution in [2.45, 2.75) is 26.4 Å². The van der Waals surface area contributed by atoms with Crippen LogP contribution in [-0.2, 0) is 13.1 Å². The molecule has 0 amide bonds. The molecule has 0 aliphatic rings. The van der Waals surface area contributed by atoms with Gasteiger partial charge in [0.25, 0.3) is 0 Å². The van der Waals surface area contributed by atoms with E-state index in [9.17, 15) is 0 Å². The lowest BCUT2D eigenvalue weighted by Crippen LogP contribution is -2.15. The minimum atomic E-state index is 0.782. The van der Waals surface area contributed by atoms with Gasteiger partial charge in [-0.3, -0.25) is 0 Å². The third-order valence-electron chi connectivity index (χ3n) is 2.66. The molecule has 2 rings (SSSR count). The Hall–Kier alpha value is -1.68. The molecule has 0 radical (unpaired) electrons. The Morgan fingerprint density at radius 2 is 2.06 bits per heavy atom. The summed E-state index contributed by atoms with van der Waals surface area (Å²) in [6, 6.07) is 8.45. The summed E-state index contributed by atoms with van der Waals surface area (Å²) in [5.74, 6) is 0. The molecule has 90 valence electrons. The van der Waals surface area contributed by atoms with E-state index in [4.69, 9.17) is 0 Å². The van der Waals surface area contributed by atoms with Gasteiger partial charge in [0.05, 0.1) is 6.54 Å². The molecule has 0 fully saturated rings. The molecule has 17 heavy (non-hydrogen) atoms. The van der Waals surface area contributed by atoms with Crippen molar-refractivity contribution in [3.05, 3.63) is 48.0 Å². The van der Waals surface area contributed by atoms with Crippen LogP contribution in [0.3, 0.4) is 0 Å².